The highest BCUT2D eigenvalue weighted by molar-refractivity contribution is 9.10. The van der Waals surface area contributed by atoms with Crippen molar-refractivity contribution in [2.75, 3.05) is 5.32 Å². The van der Waals surface area contributed by atoms with E-state index in [0.717, 1.165) is 35.7 Å². The zero-order valence-electron chi connectivity index (χ0n) is 20.0. The Hall–Kier alpha value is -2.88. The van der Waals surface area contributed by atoms with Crippen LogP contribution in [0.15, 0.2) is 62.6 Å². The number of fused-ring (bicyclic) bond motifs is 1. The predicted molar refractivity (Wildman–Crippen MR) is 147 cm³/mol. The minimum atomic E-state index is -0.445. The molecule has 1 aliphatic carbocycles. The first-order valence-electron chi connectivity index (χ1n) is 12.0. The number of anilines is 1. The maximum Gasteiger partial charge on any atom is 0.332 e. The third-order valence-electron chi connectivity index (χ3n) is 6.94. The molecule has 2 aromatic carbocycles. The molecular weight excluding hydrogens is 544 g/mol. The molecule has 1 fully saturated rings. The molecule has 8 nitrogen and oxygen atoms in total. The second-order valence-corrected chi connectivity index (χ2v) is 10.6. The van der Waals surface area contributed by atoms with Gasteiger partial charge in [-0.15, -0.1) is 0 Å². The molecular formula is C26H28BrClN6O2. The van der Waals surface area contributed by atoms with Crippen molar-refractivity contribution < 1.29 is 0 Å². The number of nitrogens with one attached hydrogen (secondary N) is 1. The first-order chi connectivity index (χ1) is 17.3. The average Bonchev–Trinajstić information content (AvgIpc) is 3.22. The van der Waals surface area contributed by atoms with E-state index >= 15 is 0 Å². The molecule has 0 radical (unpaired) electrons. The third kappa shape index (κ3) is 4.63. The lowest BCUT2D eigenvalue weighted by molar-refractivity contribution is 0.401. The Balaban J connectivity index is 1.70. The molecule has 5 rings (SSSR count). The van der Waals surface area contributed by atoms with Crippen molar-refractivity contribution in [1.29, 1.82) is 0 Å². The van der Waals surface area contributed by atoms with Crippen LogP contribution < -0.4 is 22.3 Å². The van der Waals surface area contributed by atoms with E-state index in [1.807, 2.05) is 47.0 Å². The fourth-order valence-electron chi connectivity index (χ4n) is 4.87. The first kappa shape index (κ1) is 24.8. The summed E-state index contributed by atoms with van der Waals surface area (Å²) < 4.78 is 5.43. The van der Waals surface area contributed by atoms with Crippen molar-refractivity contribution >= 4 is 44.6 Å². The Morgan fingerprint density at radius 2 is 1.69 bits per heavy atom. The van der Waals surface area contributed by atoms with Crippen LogP contribution in [0.25, 0.3) is 11.2 Å². The molecule has 36 heavy (non-hydrogen) atoms. The first-order valence-corrected chi connectivity index (χ1v) is 13.2. The summed E-state index contributed by atoms with van der Waals surface area (Å²) in [6, 6.07) is 15.1. The number of benzene rings is 2. The van der Waals surface area contributed by atoms with Crippen LogP contribution in [0.4, 0.5) is 5.95 Å². The van der Waals surface area contributed by atoms with Crippen molar-refractivity contribution in [2.24, 2.45) is 12.8 Å². The maximum atomic E-state index is 13.9. The van der Waals surface area contributed by atoms with Gasteiger partial charge in [-0.25, -0.2) is 4.79 Å². The number of imidazole rings is 1. The van der Waals surface area contributed by atoms with Gasteiger partial charge in [0.15, 0.2) is 11.2 Å². The summed E-state index contributed by atoms with van der Waals surface area (Å²) in [5.74, 6) is 0.533. The van der Waals surface area contributed by atoms with E-state index < -0.39 is 11.2 Å². The number of aryl methyl sites for hydroxylation is 1. The Bertz CT molecular complexity index is 1540. The lowest BCUT2D eigenvalue weighted by Crippen LogP contribution is -2.43. The van der Waals surface area contributed by atoms with Gasteiger partial charge in [0.1, 0.15) is 0 Å². The van der Waals surface area contributed by atoms with Crippen molar-refractivity contribution in [3.63, 3.8) is 0 Å². The molecule has 188 valence electrons. The van der Waals surface area contributed by atoms with E-state index in [0.29, 0.717) is 34.2 Å². The van der Waals surface area contributed by atoms with Gasteiger partial charge in [0.05, 0.1) is 13.1 Å². The topological polar surface area (TPSA) is 99.9 Å². The number of rotatable bonds is 6. The Labute approximate surface area is 221 Å². The fraction of sp³-hybridized carbons (Fsp3) is 0.346. The van der Waals surface area contributed by atoms with Gasteiger partial charge in [-0.3, -0.25) is 18.5 Å². The molecule has 2 aromatic heterocycles. The van der Waals surface area contributed by atoms with Gasteiger partial charge in [-0.2, -0.15) is 4.98 Å². The molecule has 2 atom stereocenters. The Morgan fingerprint density at radius 1 is 1.03 bits per heavy atom. The van der Waals surface area contributed by atoms with Crippen LogP contribution in [0, 0.1) is 0 Å². The SMILES string of the molecule is Cn1c(=O)n(Cc2ccccc2Cl)c(=O)c2c1nc(N[C@@H]1CCCC[C@@H]1N)n2Cc1ccccc1Br. The van der Waals surface area contributed by atoms with Crippen molar-refractivity contribution in [1.82, 2.24) is 18.7 Å². The molecule has 1 aliphatic rings. The lowest BCUT2D eigenvalue weighted by Gasteiger charge is -2.29. The number of halogens is 2. The molecule has 3 N–H and O–H groups in total. The van der Waals surface area contributed by atoms with E-state index in [2.05, 4.69) is 21.2 Å². The van der Waals surface area contributed by atoms with Gasteiger partial charge in [0, 0.05) is 28.6 Å². The van der Waals surface area contributed by atoms with Crippen LogP contribution in [0.2, 0.25) is 5.02 Å². The number of hydrogen-bond acceptors (Lipinski definition) is 5. The summed E-state index contributed by atoms with van der Waals surface area (Å²) in [6.07, 6.45) is 4.05. The van der Waals surface area contributed by atoms with Gasteiger partial charge >= 0.3 is 5.69 Å². The molecule has 0 aliphatic heterocycles. The van der Waals surface area contributed by atoms with E-state index in [-0.39, 0.29) is 18.6 Å². The summed E-state index contributed by atoms with van der Waals surface area (Å²) in [5, 5.41) is 4.01. The van der Waals surface area contributed by atoms with Crippen LogP contribution in [0.3, 0.4) is 0 Å². The van der Waals surface area contributed by atoms with Crippen molar-refractivity contribution in [3.05, 3.63) is 90.0 Å². The zero-order chi connectivity index (χ0) is 25.4. The van der Waals surface area contributed by atoms with Gasteiger partial charge in [-0.1, -0.05) is 76.8 Å². The normalized spacial score (nSPS) is 18.0. The monoisotopic (exact) mass is 570 g/mol. The summed E-state index contributed by atoms with van der Waals surface area (Å²) in [5.41, 5.74) is 7.93. The summed E-state index contributed by atoms with van der Waals surface area (Å²) >= 11 is 9.97. The van der Waals surface area contributed by atoms with E-state index in [1.54, 1.807) is 13.1 Å². The van der Waals surface area contributed by atoms with Gasteiger partial charge in [0.2, 0.25) is 5.95 Å². The molecule has 1 saturated carbocycles. The van der Waals surface area contributed by atoms with Gasteiger partial charge in [0.25, 0.3) is 5.56 Å². The van der Waals surface area contributed by atoms with Gasteiger partial charge in [-0.05, 0) is 36.1 Å². The van der Waals surface area contributed by atoms with E-state index in [9.17, 15) is 9.59 Å². The standard InChI is InChI=1S/C26H28BrClN6O2/c1-32-23-22(24(35)34(26(32)36)15-17-9-3-5-11-19(17)28)33(14-16-8-2-4-10-18(16)27)25(31-23)30-21-13-7-6-12-20(21)29/h2-5,8-11,20-21H,6-7,12-15,29H2,1H3,(H,30,31)/t20-,21+/m0/s1. The molecule has 0 bridgehead atoms. The van der Waals surface area contributed by atoms with E-state index in [4.69, 9.17) is 22.3 Å². The largest absolute Gasteiger partial charge is 0.351 e. The molecule has 0 unspecified atom stereocenters. The predicted octanol–water partition coefficient (Wildman–Crippen LogP) is 4.09. The van der Waals surface area contributed by atoms with Crippen LogP contribution in [-0.2, 0) is 20.1 Å². The average molecular weight is 572 g/mol. The zero-order valence-corrected chi connectivity index (χ0v) is 22.3. The van der Waals surface area contributed by atoms with Gasteiger partial charge < -0.3 is 11.1 Å². The molecule has 0 spiro atoms. The molecule has 0 amide bonds. The van der Waals surface area contributed by atoms with Crippen LogP contribution in [-0.4, -0.2) is 30.8 Å². The second kappa shape index (κ2) is 10.2. The van der Waals surface area contributed by atoms with Crippen LogP contribution in [0.1, 0.15) is 36.8 Å². The number of nitrogens with zero attached hydrogens (tertiary/aromatic N) is 4. The molecule has 2 heterocycles. The lowest BCUT2D eigenvalue weighted by atomic mass is 9.91. The molecule has 4 aromatic rings. The summed E-state index contributed by atoms with van der Waals surface area (Å²) in [7, 11) is 1.64. The van der Waals surface area contributed by atoms with Crippen LogP contribution in [0.5, 0.6) is 0 Å². The fourth-order valence-corrected chi connectivity index (χ4v) is 5.48. The Morgan fingerprint density at radius 3 is 2.42 bits per heavy atom. The van der Waals surface area contributed by atoms with Crippen molar-refractivity contribution in [2.45, 2.75) is 50.9 Å². The summed E-state index contributed by atoms with van der Waals surface area (Å²) in [6.45, 7) is 0.458. The van der Waals surface area contributed by atoms with E-state index in [1.165, 1.54) is 9.13 Å². The number of aromatic nitrogens is 4. The summed E-state index contributed by atoms with van der Waals surface area (Å²) in [4.78, 5) is 31.9. The Kier molecular flexibility index (Phi) is 7.05. The molecule has 10 heteroatoms. The highest BCUT2D eigenvalue weighted by Gasteiger charge is 2.26. The number of hydrogen-bond donors (Lipinski definition) is 2. The quantitative estimate of drug-likeness (QED) is 0.363. The third-order valence-corrected chi connectivity index (χ3v) is 8.08. The highest BCUT2D eigenvalue weighted by Crippen LogP contribution is 2.26. The molecule has 0 saturated heterocycles. The maximum absolute atomic E-state index is 13.9. The minimum absolute atomic E-state index is 0.00354. The van der Waals surface area contributed by atoms with Crippen molar-refractivity contribution in [3.8, 4) is 0 Å². The minimum Gasteiger partial charge on any atom is -0.351 e. The number of nitrogens with two attached hydrogens (primary N) is 1. The second-order valence-electron chi connectivity index (χ2n) is 9.31. The van der Waals surface area contributed by atoms with Crippen LogP contribution >= 0.6 is 27.5 Å². The smallest absolute Gasteiger partial charge is 0.332 e. The highest BCUT2D eigenvalue weighted by atomic mass is 79.9.